The minimum atomic E-state index is -0.481. The lowest BCUT2D eigenvalue weighted by Gasteiger charge is -2.03. The van der Waals surface area contributed by atoms with Crippen LogP contribution in [-0.2, 0) is 11.3 Å². The van der Waals surface area contributed by atoms with Crippen LogP contribution in [0.5, 0.6) is 0 Å². The van der Waals surface area contributed by atoms with Gasteiger partial charge in [-0.05, 0) is 35.9 Å². The van der Waals surface area contributed by atoms with Crippen molar-refractivity contribution >= 4 is 62.4 Å². The molecule has 0 aliphatic heterocycles. The van der Waals surface area contributed by atoms with E-state index in [1.165, 1.54) is 29.5 Å². The second-order valence-electron chi connectivity index (χ2n) is 5.62. The number of carbonyl (C=O) groups is 1. The largest absolute Gasteiger partial charge is 0.311 e. The summed E-state index contributed by atoms with van der Waals surface area (Å²) in [6, 6.07) is 9.38. The Kier molecular flexibility index (Phi) is 6.08. The van der Waals surface area contributed by atoms with Crippen molar-refractivity contribution in [3.63, 3.8) is 0 Å². The van der Waals surface area contributed by atoms with E-state index in [9.17, 15) is 14.9 Å². The molecule has 0 N–H and O–H groups in total. The molecule has 0 bridgehead atoms. The molecule has 142 valence electrons. The first-order chi connectivity index (χ1) is 13.4. The van der Waals surface area contributed by atoms with Crippen LogP contribution in [0.4, 0.5) is 5.69 Å². The van der Waals surface area contributed by atoms with Crippen molar-refractivity contribution in [1.29, 1.82) is 0 Å². The Balaban J connectivity index is 1.96. The number of nitro benzene ring substituents is 1. The molecule has 0 saturated heterocycles. The molecular weight excluding hydrogens is 421 g/mol. The summed E-state index contributed by atoms with van der Waals surface area (Å²) >= 11 is 13.7. The average Bonchev–Trinajstić information content (AvgIpc) is 3.01. The highest BCUT2D eigenvalue weighted by molar-refractivity contribution is 7.16. The number of benzene rings is 2. The highest BCUT2D eigenvalue weighted by Gasteiger charge is 2.12. The van der Waals surface area contributed by atoms with E-state index in [2.05, 4.69) is 11.6 Å². The number of non-ortho nitro benzene ring substituents is 1. The number of amides is 1. The second-order valence-corrected chi connectivity index (χ2v) is 7.42. The molecule has 0 atom stereocenters. The maximum atomic E-state index is 12.3. The smallest absolute Gasteiger partial charge is 0.272 e. The highest BCUT2D eigenvalue weighted by Crippen LogP contribution is 2.32. The van der Waals surface area contributed by atoms with Crippen molar-refractivity contribution in [2.45, 2.75) is 6.54 Å². The monoisotopic (exact) mass is 433 g/mol. The fourth-order valence-corrected chi connectivity index (χ4v) is 4.02. The topological polar surface area (TPSA) is 77.5 Å². The summed E-state index contributed by atoms with van der Waals surface area (Å²) in [5.74, 6) is -0.468. The molecule has 1 heterocycles. The van der Waals surface area contributed by atoms with Crippen molar-refractivity contribution in [3.8, 4) is 0 Å². The summed E-state index contributed by atoms with van der Waals surface area (Å²) in [5.41, 5.74) is 1.34. The lowest BCUT2D eigenvalue weighted by atomic mass is 10.2. The van der Waals surface area contributed by atoms with Gasteiger partial charge in [0.2, 0.25) is 0 Å². The van der Waals surface area contributed by atoms with Gasteiger partial charge in [-0.25, -0.2) is 0 Å². The fraction of sp³-hybridized carbons (Fsp3) is 0.0526. The Labute approximate surface area is 173 Å². The van der Waals surface area contributed by atoms with E-state index in [0.29, 0.717) is 32.5 Å². The maximum Gasteiger partial charge on any atom is 0.272 e. The predicted molar refractivity (Wildman–Crippen MR) is 113 cm³/mol. The van der Waals surface area contributed by atoms with Gasteiger partial charge in [-0.2, -0.15) is 4.99 Å². The fourth-order valence-electron chi connectivity index (χ4n) is 2.49. The van der Waals surface area contributed by atoms with Crippen LogP contribution in [0.2, 0.25) is 10.0 Å². The van der Waals surface area contributed by atoms with E-state index >= 15 is 0 Å². The van der Waals surface area contributed by atoms with Crippen LogP contribution in [0.1, 0.15) is 5.56 Å². The number of hydrogen-bond donors (Lipinski definition) is 0. The molecule has 1 amide bonds. The van der Waals surface area contributed by atoms with E-state index in [1.54, 1.807) is 34.9 Å². The lowest BCUT2D eigenvalue weighted by molar-refractivity contribution is -0.384. The Hall–Kier alpha value is -2.74. The van der Waals surface area contributed by atoms with Gasteiger partial charge in [-0.1, -0.05) is 40.6 Å². The van der Waals surface area contributed by atoms with Crippen molar-refractivity contribution in [1.82, 2.24) is 4.57 Å². The normalized spacial score (nSPS) is 12.0. The predicted octanol–water partition coefficient (Wildman–Crippen LogP) is 5.24. The number of fused-ring (bicyclic) bond motifs is 1. The molecule has 0 aliphatic rings. The molecule has 9 heteroatoms. The second kappa shape index (κ2) is 8.52. The molecule has 28 heavy (non-hydrogen) atoms. The standard InChI is InChI=1S/C19H13Cl2N3O3S/c1-2-11-23-18-15(9-8-14(20)17(18)21)28-19(23)22-16(25)10-5-12-3-6-13(7-4-12)24(26)27/h2-10H,1,11H2/b10-5-,22-19?. The number of carbonyl (C=O) groups excluding carboxylic acids is 1. The zero-order valence-corrected chi connectivity index (χ0v) is 16.7. The van der Waals surface area contributed by atoms with Crippen molar-refractivity contribution < 1.29 is 9.72 Å². The number of nitrogens with zero attached hydrogens (tertiary/aromatic N) is 3. The molecule has 1 aromatic heterocycles. The van der Waals surface area contributed by atoms with Crippen molar-refractivity contribution in [2.75, 3.05) is 0 Å². The number of halogens is 2. The lowest BCUT2D eigenvalue weighted by Crippen LogP contribution is -2.15. The summed E-state index contributed by atoms with van der Waals surface area (Å²) < 4.78 is 2.63. The van der Waals surface area contributed by atoms with Crippen LogP contribution in [0.3, 0.4) is 0 Å². The molecule has 0 unspecified atom stereocenters. The summed E-state index contributed by atoms with van der Waals surface area (Å²) in [7, 11) is 0. The van der Waals surface area contributed by atoms with E-state index in [1.807, 2.05) is 6.07 Å². The minimum absolute atomic E-state index is 0.0144. The maximum absolute atomic E-state index is 12.3. The Morgan fingerprint density at radius 3 is 2.61 bits per heavy atom. The van der Waals surface area contributed by atoms with Gasteiger partial charge in [-0.3, -0.25) is 14.9 Å². The van der Waals surface area contributed by atoms with E-state index in [-0.39, 0.29) is 5.69 Å². The number of hydrogen-bond acceptors (Lipinski definition) is 4. The Morgan fingerprint density at radius 2 is 1.96 bits per heavy atom. The average molecular weight is 434 g/mol. The zero-order valence-electron chi connectivity index (χ0n) is 14.3. The van der Waals surface area contributed by atoms with Crippen LogP contribution in [0.25, 0.3) is 16.3 Å². The molecule has 6 nitrogen and oxygen atoms in total. The molecule has 0 fully saturated rings. The zero-order chi connectivity index (χ0) is 20.3. The van der Waals surface area contributed by atoms with Crippen LogP contribution in [-0.4, -0.2) is 15.4 Å². The summed E-state index contributed by atoms with van der Waals surface area (Å²) in [6.07, 6.45) is 4.53. The third-order valence-electron chi connectivity index (χ3n) is 3.77. The van der Waals surface area contributed by atoms with Gasteiger partial charge in [0, 0.05) is 24.8 Å². The number of rotatable bonds is 5. The minimum Gasteiger partial charge on any atom is -0.311 e. The number of thiazole rings is 1. The van der Waals surface area contributed by atoms with Crippen LogP contribution in [0.15, 0.2) is 60.1 Å². The molecule has 3 aromatic rings. The summed E-state index contributed by atoms with van der Waals surface area (Å²) in [4.78, 5) is 27.1. The van der Waals surface area contributed by atoms with Crippen LogP contribution in [0, 0.1) is 10.1 Å². The van der Waals surface area contributed by atoms with Crippen molar-refractivity contribution in [2.24, 2.45) is 4.99 Å². The van der Waals surface area contributed by atoms with Crippen LogP contribution >= 0.6 is 34.5 Å². The third-order valence-corrected chi connectivity index (χ3v) is 5.61. The first-order valence-corrected chi connectivity index (χ1v) is 9.57. The summed E-state index contributed by atoms with van der Waals surface area (Å²) in [5, 5.41) is 11.5. The van der Waals surface area contributed by atoms with Gasteiger partial charge < -0.3 is 4.57 Å². The molecule has 0 spiro atoms. The van der Waals surface area contributed by atoms with E-state index in [0.717, 1.165) is 4.70 Å². The number of nitro groups is 1. The molecule has 0 saturated carbocycles. The number of allylic oxidation sites excluding steroid dienone is 1. The van der Waals surface area contributed by atoms with E-state index in [4.69, 9.17) is 23.2 Å². The molecule has 0 aliphatic carbocycles. The highest BCUT2D eigenvalue weighted by atomic mass is 35.5. The van der Waals surface area contributed by atoms with Gasteiger partial charge in [0.1, 0.15) is 0 Å². The van der Waals surface area contributed by atoms with E-state index < -0.39 is 10.8 Å². The van der Waals surface area contributed by atoms with Gasteiger partial charge in [0.05, 0.1) is 25.2 Å². The Morgan fingerprint density at radius 1 is 1.25 bits per heavy atom. The summed E-state index contributed by atoms with van der Waals surface area (Å²) in [6.45, 7) is 4.14. The third kappa shape index (κ3) is 4.22. The molecule has 0 radical (unpaired) electrons. The number of aromatic nitrogens is 1. The van der Waals surface area contributed by atoms with Gasteiger partial charge in [0.25, 0.3) is 11.6 Å². The molecule has 2 aromatic carbocycles. The SMILES string of the molecule is C=CCn1c(=NC(=O)/C=C\c2ccc([N+](=O)[O-])cc2)sc2ccc(Cl)c(Cl)c21. The quantitative estimate of drug-likeness (QED) is 0.238. The first kappa shape index (κ1) is 20.0. The van der Waals surface area contributed by atoms with Crippen LogP contribution < -0.4 is 4.80 Å². The van der Waals surface area contributed by atoms with Gasteiger partial charge in [0.15, 0.2) is 4.80 Å². The first-order valence-electron chi connectivity index (χ1n) is 8.00. The molecular formula is C19H13Cl2N3O3S. The molecule has 3 rings (SSSR count). The van der Waals surface area contributed by atoms with Gasteiger partial charge >= 0.3 is 0 Å². The van der Waals surface area contributed by atoms with Gasteiger partial charge in [-0.15, -0.1) is 6.58 Å². The van der Waals surface area contributed by atoms with Crippen molar-refractivity contribution in [3.05, 3.63) is 85.7 Å². The Bertz CT molecular complexity index is 1180.